The number of hydrogen-bond acceptors (Lipinski definition) is 6. The van der Waals surface area contributed by atoms with Crippen LogP contribution in [0.4, 0.5) is 11.4 Å². The molecule has 3 rings (SSSR count). The van der Waals surface area contributed by atoms with E-state index in [0.717, 1.165) is 5.69 Å². The maximum absolute atomic E-state index is 12.7. The van der Waals surface area contributed by atoms with Crippen LogP contribution in [0.25, 0.3) is 0 Å². The Morgan fingerprint density at radius 3 is 2.44 bits per heavy atom. The number of piperazine rings is 1. The van der Waals surface area contributed by atoms with E-state index in [1.54, 1.807) is 23.4 Å². The largest absolute Gasteiger partial charge is 0.490 e. The average Bonchev–Trinajstić information content (AvgIpc) is 2.67. The molecule has 1 aromatic heterocycles. The summed E-state index contributed by atoms with van der Waals surface area (Å²) in [5.74, 6) is -0.0656. The lowest BCUT2D eigenvalue weighted by Gasteiger charge is -2.36. The van der Waals surface area contributed by atoms with Crippen molar-refractivity contribution in [2.75, 3.05) is 38.2 Å². The summed E-state index contributed by atoms with van der Waals surface area (Å²) in [6, 6.07) is 8.16. The third-order valence-electron chi connectivity index (χ3n) is 4.22. The molecule has 1 aliphatic heterocycles. The number of nitro groups is 1. The number of carbonyl (C=O) groups is 1. The first-order valence-corrected chi connectivity index (χ1v) is 7.87. The van der Waals surface area contributed by atoms with E-state index >= 15 is 0 Å². The molecule has 2 aromatic rings. The summed E-state index contributed by atoms with van der Waals surface area (Å²) in [7, 11) is 1.36. The minimum absolute atomic E-state index is 0.143. The SMILES string of the molecule is COc1ccc(C(=O)N2CCN(c3ccncc3)CC2)cc1[N+](=O)[O-]. The third-order valence-corrected chi connectivity index (χ3v) is 4.22. The van der Waals surface area contributed by atoms with Crippen LogP contribution in [0.15, 0.2) is 42.7 Å². The highest BCUT2D eigenvalue weighted by molar-refractivity contribution is 5.95. The van der Waals surface area contributed by atoms with E-state index in [1.807, 2.05) is 12.1 Å². The van der Waals surface area contributed by atoms with E-state index in [2.05, 4.69) is 9.88 Å². The molecule has 1 saturated heterocycles. The molecule has 130 valence electrons. The fourth-order valence-electron chi connectivity index (χ4n) is 2.87. The van der Waals surface area contributed by atoms with Crippen LogP contribution in [0.5, 0.6) is 5.75 Å². The first kappa shape index (κ1) is 16.7. The first-order chi connectivity index (χ1) is 12.1. The van der Waals surface area contributed by atoms with Gasteiger partial charge in [0.2, 0.25) is 0 Å². The molecule has 8 nitrogen and oxygen atoms in total. The second-order valence-electron chi connectivity index (χ2n) is 5.63. The number of carbonyl (C=O) groups excluding carboxylic acids is 1. The van der Waals surface area contributed by atoms with Crippen LogP contribution < -0.4 is 9.64 Å². The molecule has 1 aromatic carbocycles. The van der Waals surface area contributed by atoms with Crippen LogP contribution in [0.3, 0.4) is 0 Å². The monoisotopic (exact) mass is 342 g/mol. The first-order valence-electron chi connectivity index (χ1n) is 7.87. The summed E-state index contributed by atoms with van der Waals surface area (Å²) >= 11 is 0. The molecule has 0 aliphatic carbocycles. The Labute approximate surface area is 144 Å². The van der Waals surface area contributed by atoms with Gasteiger partial charge in [0, 0.05) is 55.9 Å². The molecule has 8 heteroatoms. The Balaban J connectivity index is 1.70. The fraction of sp³-hybridized carbons (Fsp3) is 0.294. The van der Waals surface area contributed by atoms with E-state index in [9.17, 15) is 14.9 Å². The topological polar surface area (TPSA) is 88.8 Å². The van der Waals surface area contributed by atoms with Crippen molar-refractivity contribution in [1.82, 2.24) is 9.88 Å². The van der Waals surface area contributed by atoms with E-state index in [-0.39, 0.29) is 17.3 Å². The number of benzene rings is 1. The van der Waals surface area contributed by atoms with Gasteiger partial charge in [-0.05, 0) is 24.3 Å². The molecule has 0 N–H and O–H groups in total. The minimum Gasteiger partial charge on any atom is -0.490 e. The normalized spacial score (nSPS) is 14.3. The minimum atomic E-state index is -0.545. The van der Waals surface area contributed by atoms with E-state index in [0.29, 0.717) is 31.7 Å². The predicted molar refractivity (Wildman–Crippen MR) is 92.0 cm³/mol. The Morgan fingerprint density at radius 1 is 1.16 bits per heavy atom. The van der Waals surface area contributed by atoms with Gasteiger partial charge in [0.05, 0.1) is 12.0 Å². The molecular formula is C17H18N4O4. The lowest BCUT2D eigenvalue weighted by Crippen LogP contribution is -2.48. The predicted octanol–water partition coefficient (Wildman–Crippen LogP) is 1.96. The zero-order valence-corrected chi connectivity index (χ0v) is 13.8. The van der Waals surface area contributed by atoms with Gasteiger partial charge in [0.25, 0.3) is 5.91 Å². The van der Waals surface area contributed by atoms with Crippen molar-refractivity contribution in [1.29, 1.82) is 0 Å². The second-order valence-corrected chi connectivity index (χ2v) is 5.63. The van der Waals surface area contributed by atoms with Gasteiger partial charge in [0.1, 0.15) is 0 Å². The second kappa shape index (κ2) is 7.16. The van der Waals surface area contributed by atoms with Crippen LogP contribution in [0, 0.1) is 10.1 Å². The Morgan fingerprint density at radius 2 is 1.84 bits per heavy atom. The number of pyridine rings is 1. The van der Waals surface area contributed by atoms with Crippen LogP contribution >= 0.6 is 0 Å². The lowest BCUT2D eigenvalue weighted by atomic mass is 10.1. The zero-order valence-electron chi connectivity index (χ0n) is 13.8. The number of aromatic nitrogens is 1. The number of anilines is 1. The maximum Gasteiger partial charge on any atom is 0.311 e. The van der Waals surface area contributed by atoms with Gasteiger partial charge in [-0.1, -0.05) is 0 Å². The van der Waals surface area contributed by atoms with Crippen LogP contribution in [0.1, 0.15) is 10.4 Å². The smallest absolute Gasteiger partial charge is 0.311 e. The molecule has 0 saturated carbocycles. The van der Waals surface area contributed by atoms with Crippen molar-refractivity contribution in [2.24, 2.45) is 0 Å². The van der Waals surface area contributed by atoms with Crippen LogP contribution in [-0.2, 0) is 0 Å². The highest BCUT2D eigenvalue weighted by Gasteiger charge is 2.25. The molecule has 25 heavy (non-hydrogen) atoms. The van der Waals surface area contributed by atoms with Crippen LogP contribution in [-0.4, -0.2) is 54.0 Å². The van der Waals surface area contributed by atoms with Crippen molar-refractivity contribution in [2.45, 2.75) is 0 Å². The summed E-state index contributed by atoms with van der Waals surface area (Å²) in [4.78, 5) is 31.1. The summed E-state index contributed by atoms with van der Waals surface area (Å²) in [6.45, 7) is 2.52. The Hall–Kier alpha value is -3.16. The zero-order chi connectivity index (χ0) is 17.8. The molecule has 0 bridgehead atoms. The molecule has 2 heterocycles. The number of amides is 1. The van der Waals surface area contributed by atoms with Gasteiger partial charge in [-0.2, -0.15) is 0 Å². The van der Waals surface area contributed by atoms with Crippen molar-refractivity contribution in [3.8, 4) is 5.75 Å². The number of nitrogens with zero attached hydrogens (tertiary/aromatic N) is 4. The van der Waals surface area contributed by atoms with Gasteiger partial charge >= 0.3 is 5.69 Å². The Bertz CT molecular complexity index is 773. The van der Waals surface area contributed by atoms with Crippen molar-refractivity contribution in [3.05, 3.63) is 58.4 Å². The average molecular weight is 342 g/mol. The van der Waals surface area contributed by atoms with Crippen molar-refractivity contribution < 1.29 is 14.5 Å². The van der Waals surface area contributed by atoms with Crippen molar-refractivity contribution in [3.63, 3.8) is 0 Å². The third kappa shape index (κ3) is 3.52. The summed E-state index contributed by atoms with van der Waals surface area (Å²) in [5.41, 5.74) is 1.16. The lowest BCUT2D eigenvalue weighted by molar-refractivity contribution is -0.385. The number of methoxy groups -OCH3 is 1. The summed E-state index contributed by atoms with van der Waals surface area (Å²) in [6.07, 6.45) is 3.48. The quantitative estimate of drug-likeness (QED) is 0.623. The van der Waals surface area contributed by atoms with Gasteiger partial charge < -0.3 is 14.5 Å². The summed E-state index contributed by atoms with van der Waals surface area (Å²) in [5, 5.41) is 11.1. The van der Waals surface area contributed by atoms with E-state index < -0.39 is 4.92 Å². The molecular weight excluding hydrogens is 324 g/mol. The number of ether oxygens (including phenoxy) is 1. The van der Waals surface area contributed by atoms with Gasteiger partial charge in [-0.15, -0.1) is 0 Å². The van der Waals surface area contributed by atoms with Gasteiger partial charge in [0.15, 0.2) is 5.75 Å². The number of nitro benzene ring substituents is 1. The summed E-state index contributed by atoms with van der Waals surface area (Å²) < 4.78 is 4.97. The molecule has 1 aliphatic rings. The van der Waals surface area contributed by atoms with E-state index in [1.165, 1.54) is 19.2 Å². The molecule has 0 unspecified atom stereocenters. The highest BCUT2D eigenvalue weighted by Crippen LogP contribution is 2.28. The van der Waals surface area contributed by atoms with Gasteiger partial charge in [-0.3, -0.25) is 19.9 Å². The van der Waals surface area contributed by atoms with Crippen LogP contribution in [0.2, 0.25) is 0 Å². The number of hydrogen-bond donors (Lipinski definition) is 0. The number of rotatable bonds is 4. The highest BCUT2D eigenvalue weighted by atomic mass is 16.6. The molecule has 1 amide bonds. The fourth-order valence-corrected chi connectivity index (χ4v) is 2.87. The van der Waals surface area contributed by atoms with Crippen molar-refractivity contribution >= 4 is 17.3 Å². The molecule has 1 fully saturated rings. The maximum atomic E-state index is 12.7. The van der Waals surface area contributed by atoms with E-state index in [4.69, 9.17) is 4.74 Å². The standard InChI is InChI=1S/C17H18N4O4/c1-25-16-3-2-13(12-15(16)21(23)24)17(22)20-10-8-19(9-11-20)14-4-6-18-7-5-14/h2-7,12H,8-11H2,1H3. The van der Waals surface area contributed by atoms with Gasteiger partial charge in [-0.25, -0.2) is 0 Å². The Kier molecular flexibility index (Phi) is 4.78. The molecule has 0 spiro atoms. The molecule has 0 atom stereocenters. The molecule has 0 radical (unpaired) electrons.